The van der Waals surface area contributed by atoms with Crippen molar-refractivity contribution in [3.8, 4) is 0 Å². The third kappa shape index (κ3) is 4.08. The van der Waals surface area contributed by atoms with E-state index < -0.39 is 5.60 Å². The number of amides is 1. The second kappa shape index (κ2) is 6.18. The highest BCUT2D eigenvalue weighted by atomic mass is 16.5. The Morgan fingerprint density at radius 3 is 2.69 bits per heavy atom. The number of nitrogens with zero attached hydrogens (tertiary/aromatic N) is 1. The standard InChI is InChI=1S/C11H22N2O3/c1-12-6-3-10(14)13(2)9-11(15)4-7-16-8-5-11/h12,15H,3-9H2,1-2H3. The largest absolute Gasteiger partial charge is 0.388 e. The number of carbonyl (C=O) groups excluding carboxylic acids is 1. The van der Waals surface area contributed by atoms with Crippen LogP contribution in [-0.4, -0.2) is 61.9 Å². The summed E-state index contributed by atoms with van der Waals surface area (Å²) in [6.45, 7) is 2.23. The van der Waals surface area contributed by atoms with Crippen LogP contribution in [0.15, 0.2) is 0 Å². The van der Waals surface area contributed by atoms with Gasteiger partial charge >= 0.3 is 0 Å². The Hall–Kier alpha value is -0.650. The number of ether oxygens (including phenoxy) is 1. The van der Waals surface area contributed by atoms with Crippen molar-refractivity contribution in [3.05, 3.63) is 0 Å². The van der Waals surface area contributed by atoms with Crippen molar-refractivity contribution in [1.82, 2.24) is 10.2 Å². The highest BCUT2D eigenvalue weighted by Gasteiger charge is 2.32. The summed E-state index contributed by atoms with van der Waals surface area (Å²) in [6.07, 6.45) is 1.69. The second-order valence-electron chi connectivity index (χ2n) is 4.44. The zero-order chi connectivity index (χ0) is 12.0. The first-order valence-corrected chi connectivity index (χ1v) is 5.76. The van der Waals surface area contributed by atoms with E-state index >= 15 is 0 Å². The summed E-state index contributed by atoms with van der Waals surface area (Å²) >= 11 is 0. The van der Waals surface area contributed by atoms with Crippen LogP contribution >= 0.6 is 0 Å². The molecule has 1 aliphatic rings. The van der Waals surface area contributed by atoms with Crippen molar-refractivity contribution in [2.24, 2.45) is 0 Å². The third-order valence-electron chi connectivity index (χ3n) is 2.97. The van der Waals surface area contributed by atoms with Crippen LogP contribution < -0.4 is 5.32 Å². The van der Waals surface area contributed by atoms with Gasteiger partial charge in [-0.2, -0.15) is 0 Å². The van der Waals surface area contributed by atoms with Crippen molar-refractivity contribution in [3.63, 3.8) is 0 Å². The van der Waals surface area contributed by atoms with E-state index in [1.54, 1.807) is 11.9 Å². The molecule has 2 N–H and O–H groups in total. The zero-order valence-electron chi connectivity index (χ0n) is 10.2. The summed E-state index contributed by atoms with van der Waals surface area (Å²) in [5, 5.41) is 13.2. The predicted molar refractivity (Wildman–Crippen MR) is 61.2 cm³/mol. The number of nitrogens with one attached hydrogen (secondary N) is 1. The van der Waals surface area contributed by atoms with Gasteiger partial charge in [0.15, 0.2) is 0 Å². The molecule has 1 heterocycles. The average Bonchev–Trinajstić information content (AvgIpc) is 2.26. The number of hydrogen-bond acceptors (Lipinski definition) is 4. The van der Waals surface area contributed by atoms with E-state index in [-0.39, 0.29) is 5.91 Å². The maximum Gasteiger partial charge on any atom is 0.223 e. The molecule has 0 unspecified atom stereocenters. The first-order chi connectivity index (χ1) is 7.57. The molecule has 5 nitrogen and oxygen atoms in total. The number of hydrogen-bond donors (Lipinski definition) is 2. The molecule has 0 saturated carbocycles. The monoisotopic (exact) mass is 230 g/mol. The molecule has 1 aliphatic heterocycles. The summed E-state index contributed by atoms with van der Waals surface area (Å²) < 4.78 is 5.20. The number of aliphatic hydroxyl groups is 1. The lowest BCUT2D eigenvalue weighted by Gasteiger charge is -2.35. The van der Waals surface area contributed by atoms with Gasteiger partial charge in [-0.05, 0) is 7.05 Å². The molecule has 1 amide bonds. The van der Waals surface area contributed by atoms with Gasteiger partial charge in [0.1, 0.15) is 0 Å². The molecule has 0 aromatic rings. The molecular weight excluding hydrogens is 208 g/mol. The lowest BCUT2D eigenvalue weighted by atomic mass is 9.94. The third-order valence-corrected chi connectivity index (χ3v) is 2.97. The molecule has 0 radical (unpaired) electrons. The van der Waals surface area contributed by atoms with E-state index in [1.807, 2.05) is 7.05 Å². The highest BCUT2D eigenvalue weighted by Crippen LogP contribution is 2.21. The zero-order valence-corrected chi connectivity index (χ0v) is 10.2. The van der Waals surface area contributed by atoms with E-state index in [0.29, 0.717) is 45.6 Å². The van der Waals surface area contributed by atoms with Crippen LogP contribution in [0.25, 0.3) is 0 Å². The van der Waals surface area contributed by atoms with Gasteiger partial charge in [0.05, 0.1) is 5.60 Å². The SMILES string of the molecule is CNCCC(=O)N(C)CC1(O)CCOCC1. The molecule has 0 aromatic carbocycles. The van der Waals surface area contributed by atoms with Gasteiger partial charge in [0.2, 0.25) is 5.91 Å². The maximum absolute atomic E-state index is 11.7. The van der Waals surface area contributed by atoms with Gasteiger partial charge in [0.25, 0.3) is 0 Å². The Morgan fingerprint density at radius 1 is 1.50 bits per heavy atom. The molecule has 1 rings (SSSR count). The second-order valence-corrected chi connectivity index (χ2v) is 4.44. The summed E-state index contributed by atoms with van der Waals surface area (Å²) in [7, 11) is 3.56. The van der Waals surface area contributed by atoms with Gasteiger partial charge < -0.3 is 20.1 Å². The highest BCUT2D eigenvalue weighted by molar-refractivity contribution is 5.76. The fourth-order valence-electron chi connectivity index (χ4n) is 1.86. The maximum atomic E-state index is 11.7. The first-order valence-electron chi connectivity index (χ1n) is 5.76. The Labute approximate surface area is 96.8 Å². The normalized spacial score (nSPS) is 19.4. The van der Waals surface area contributed by atoms with Crippen LogP contribution in [0.5, 0.6) is 0 Å². The molecule has 0 bridgehead atoms. The van der Waals surface area contributed by atoms with Gasteiger partial charge in [-0.25, -0.2) is 0 Å². The van der Waals surface area contributed by atoms with Crippen molar-refractivity contribution in [1.29, 1.82) is 0 Å². The fraction of sp³-hybridized carbons (Fsp3) is 0.909. The van der Waals surface area contributed by atoms with Gasteiger partial charge in [-0.15, -0.1) is 0 Å². The molecule has 0 aliphatic carbocycles. The minimum atomic E-state index is -0.762. The number of rotatable bonds is 5. The van der Waals surface area contributed by atoms with Crippen LogP contribution in [0, 0.1) is 0 Å². The molecule has 1 saturated heterocycles. The van der Waals surface area contributed by atoms with E-state index in [2.05, 4.69) is 5.32 Å². The van der Waals surface area contributed by atoms with Crippen LogP contribution in [0.3, 0.4) is 0 Å². The molecule has 0 spiro atoms. The lowest BCUT2D eigenvalue weighted by Crippen LogP contribution is -2.47. The number of carbonyl (C=O) groups is 1. The summed E-state index contributed by atoms with van der Waals surface area (Å²) in [4.78, 5) is 13.3. The summed E-state index contributed by atoms with van der Waals surface area (Å²) in [5.41, 5.74) is -0.762. The smallest absolute Gasteiger partial charge is 0.223 e. The average molecular weight is 230 g/mol. The van der Waals surface area contributed by atoms with Crippen molar-refractivity contribution in [2.75, 3.05) is 40.4 Å². The summed E-state index contributed by atoms with van der Waals surface area (Å²) in [5.74, 6) is 0.0641. The molecule has 16 heavy (non-hydrogen) atoms. The van der Waals surface area contributed by atoms with E-state index in [1.165, 1.54) is 0 Å². The van der Waals surface area contributed by atoms with Crippen molar-refractivity contribution in [2.45, 2.75) is 24.9 Å². The molecule has 94 valence electrons. The Morgan fingerprint density at radius 2 is 2.12 bits per heavy atom. The molecule has 5 heteroatoms. The van der Waals surface area contributed by atoms with Gasteiger partial charge in [0, 0.05) is 52.6 Å². The molecule has 1 fully saturated rings. The quantitative estimate of drug-likeness (QED) is 0.674. The fourth-order valence-corrected chi connectivity index (χ4v) is 1.86. The van der Waals surface area contributed by atoms with Crippen LogP contribution in [0.1, 0.15) is 19.3 Å². The Balaban J connectivity index is 2.36. The van der Waals surface area contributed by atoms with Crippen molar-refractivity contribution < 1.29 is 14.6 Å². The minimum Gasteiger partial charge on any atom is -0.388 e. The van der Waals surface area contributed by atoms with Crippen LogP contribution in [0.4, 0.5) is 0 Å². The molecule has 0 atom stereocenters. The van der Waals surface area contributed by atoms with Crippen molar-refractivity contribution >= 4 is 5.91 Å². The minimum absolute atomic E-state index is 0.0641. The van der Waals surface area contributed by atoms with E-state index in [4.69, 9.17) is 4.74 Å². The van der Waals surface area contributed by atoms with E-state index in [9.17, 15) is 9.90 Å². The Kier molecular flexibility index (Phi) is 5.18. The topological polar surface area (TPSA) is 61.8 Å². The van der Waals surface area contributed by atoms with Crippen LogP contribution in [0.2, 0.25) is 0 Å². The summed E-state index contributed by atoms with van der Waals surface area (Å²) in [6, 6.07) is 0. The predicted octanol–water partition coefficient (Wildman–Crippen LogP) is -0.404. The molecule has 0 aromatic heterocycles. The molecular formula is C11H22N2O3. The lowest BCUT2D eigenvalue weighted by molar-refractivity contribution is -0.136. The van der Waals surface area contributed by atoms with Crippen LogP contribution in [-0.2, 0) is 9.53 Å². The Bertz CT molecular complexity index is 227. The van der Waals surface area contributed by atoms with Gasteiger partial charge in [-0.3, -0.25) is 4.79 Å². The first kappa shape index (κ1) is 13.4. The number of likely N-dealkylation sites (N-methyl/N-ethyl adjacent to an activating group) is 1. The van der Waals surface area contributed by atoms with Gasteiger partial charge in [-0.1, -0.05) is 0 Å². The van der Waals surface area contributed by atoms with E-state index in [0.717, 1.165) is 0 Å².